The van der Waals surface area contributed by atoms with Gasteiger partial charge >= 0.3 is 0 Å². The number of nitrogens with one attached hydrogen (secondary N) is 1. The maximum Gasteiger partial charge on any atom is 0.232 e. The molecule has 1 aliphatic heterocycles. The van der Waals surface area contributed by atoms with Gasteiger partial charge in [0, 0.05) is 12.6 Å². The van der Waals surface area contributed by atoms with E-state index in [-0.39, 0.29) is 5.91 Å². The van der Waals surface area contributed by atoms with Crippen LogP contribution in [-0.4, -0.2) is 48.5 Å². The zero-order chi connectivity index (χ0) is 12.0. The molecule has 0 bridgehead atoms. The largest absolute Gasteiger partial charge is 0.339 e. The SMILES string of the molecule is CSCC(=O)N(CC1CCCNC1)C(C)C. The summed E-state index contributed by atoms with van der Waals surface area (Å²) in [6, 6.07) is 0.321. The van der Waals surface area contributed by atoms with Gasteiger partial charge in [-0.25, -0.2) is 0 Å². The van der Waals surface area contributed by atoms with Gasteiger partial charge in [0.05, 0.1) is 5.75 Å². The normalized spacial score (nSPS) is 21.1. The minimum atomic E-state index is 0.285. The molecule has 0 aromatic rings. The lowest BCUT2D eigenvalue weighted by atomic mass is 9.98. The number of rotatable bonds is 5. The second-order valence-corrected chi connectivity index (χ2v) is 5.65. The molecule has 3 nitrogen and oxygen atoms in total. The van der Waals surface area contributed by atoms with E-state index >= 15 is 0 Å². The van der Waals surface area contributed by atoms with Crippen molar-refractivity contribution in [2.24, 2.45) is 5.92 Å². The van der Waals surface area contributed by atoms with Crippen LogP contribution in [0.25, 0.3) is 0 Å². The maximum absolute atomic E-state index is 11.9. The van der Waals surface area contributed by atoms with Crippen LogP contribution in [0.2, 0.25) is 0 Å². The monoisotopic (exact) mass is 244 g/mol. The molecular formula is C12H24N2OS. The molecule has 1 heterocycles. The van der Waals surface area contributed by atoms with Crippen LogP contribution in [0.15, 0.2) is 0 Å². The molecule has 1 aliphatic rings. The zero-order valence-corrected chi connectivity index (χ0v) is 11.5. The van der Waals surface area contributed by atoms with Crippen LogP contribution in [0.5, 0.6) is 0 Å². The highest BCUT2D eigenvalue weighted by Gasteiger charge is 2.22. The van der Waals surface area contributed by atoms with Gasteiger partial charge in [-0.05, 0) is 52.0 Å². The predicted molar refractivity (Wildman–Crippen MR) is 70.8 cm³/mol. The van der Waals surface area contributed by atoms with Crippen molar-refractivity contribution in [3.05, 3.63) is 0 Å². The zero-order valence-electron chi connectivity index (χ0n) is 10.7. The smallest absolute Gasteiger partial charge is 0.232 e. The summed E-state index contributed by atoms with van der Waals surface area (Å²) in [4.78, 5) is 14.0. The molecule has 0 aromatic carbocycles. The molecule has 1 unspecified atom stereocenters. The maximum atomic E-state index is 11.9. The Hall–Kier alpha value is -0.220. The minimum absolute atomic E-state index is 0.285. The molecular weight excluding hydrogens is 220 g/mol. The summed E-state index contributed by atoms with van der Waals surface area (Å²) in [6.07, 6.45) is 4.48. The van der Waals surface area contributed by atoms with Gasteiger partial charge in [-0.3, -0.25) is 4.79 Å². The van der Waals surface area contributed by atoms with Crippen molar-refractivity contribution in [1.82, 2.24) is 10.2 Å². The average molecular weight is 244 g/mol. The lowest BCUT2D eigenvalue weighted by Gasteiger charge is -2.32. The second kappa shape index (κ2) is 7.17. The van der Waals surface area contributed by atoms with Crippen LogP contribution >= 0.6 is 11.8 Å². The first kappa shape index (κ1) is 13.8. The molecule has 1 rings (SSSR count). The molecule has 0 aliphatic carbocycles. The van der Waals surface area contributed by atoms with E-state index in [2.05, 4.69) is 19.2 Å². The molecule has 1 amide bonds. The van der Waals surface area contributed by atoms with E-state index in [1.165, 1.54) is 12.8 Å². The number of hydrogen-bond acceptors (Lipinski definition) is 3. The standard InChI is InChI=1S/C12H24N2OS/c1-10(2)14(12(15)9-16-3)8-11-5-4-6-13-7-11/h10-11,13H,4-9H2,1-3H3. The van der Waals surface area contributed by atoms with Crippen LogP contribution < -0.4 is 5.32 Å². The average Bonchev–Trinajstić information content (AvgIpc) is 2.27. The first-order valence-corrected chi connectivity index (χ1v) is 7.53. The number of carbonyl (C=O) groups is 1. The van der Waals surface area contributed by atoms with Gasteiger partial charge in [-0.1, -0.05) is 0 Å². The number of carbonyl (C=O) groups excluding carboxylic acids is 1. The van der Waals surface area contributed by atoms with Gasteiger partial charge in [0.2, 0.25) is 5.91 Å². The summed E-state index contributed by atoms with van der Waals surface area (Å²) < 4.78 is 0. The lowest BCUT2D eigenvalue weighted by molar-refractivity contribution is -0.130. The third kappa shape index (κ3) is 4.34. The Labute approximate surface area is 103 Å². The summed E-state index contributed by atoms with van der Waals surface area (Å²) >= 11 is 1.61. The predicted octanol–water partition coefficient (Wildman–Crippen LogP) is 1.59. The van der Waals surface area contributed by atoms with E-state index in [1.54, 1.807) is 11.8 Å². The minimum Gasteiger partial charge on any atom is -0.339 e. The first-order chi connectivity index (χ1) is 7.65. The molecule has 1 N–H and O–H groups in total. The van der Waals surface area contributed by atoms with E-state index in [1.807, 2.05) is 11.2 Å². The van der Waals surface area contributed by atoms with Crippen LogP contribution in [0, 0.1) is 5.92 Å². The number of piperidine rings is 1. The van der Waals surface area contributed by atoms with Gasteiger partial charge in [-0.15, -0.1) is 0 Å². The Morgan fingerprint density at radius 1 is 1.56 bits per heavy atom. The van der Waals surface area contributed by atoms with Crippen molar-refractivity contribution in [3.63, 3.8) is 0 Å². The van der Waals surface area contributed by atoms with Crippen molar-refractivity contribution < 1.29 is 4.79 Å². The molecule has 4 heteroatoms. The van der Waals surface area contributed by atoms with Gasteiger partial charge in [0.15, 0.2) is 0 Å². The van der Waals surface area contributed by atoms with Gasteiger partial charge in [0.1, 0.15) is 0 Å². The molecule has 94 valence electrons. The third-order valence-electron chi connectivity index (χ3n) is 3.07. The van der Waals surface area contributed by atoms with Crippen molar-refractivity contribution in [2.75, 3.05) is 31.6 Å². The summed E-state index contributed by atoms with van der Waals surface area (Å²) in [5.74, 6) is 1.54. The lowest BCUT2D eigenvalue weighted by Crippen LogP contribution is -2.44. The quantitative estimate of drug-likeness (QED) is 0.797. The van der Waals surface area contributed by atoms with Gasteiger partial charge in [0.25, 0.3) is 0 Å². The Morgan fingerprint density at radius 3 is 2.81 bits per heavy atom. The van der Waals surface area contributed by atoms with E-state index < -0.39 is 0 Å². The van der Waals surface area contributed by atoms with Crippen LogP contribution in [-0.2, 0) is 4.79 Å². The topological polar surface area (TPSA) is 32.3 Å². The molecule has 1 fully saturated rings. The van der Waals surface area contributed by atoms with Crippen molar-refractivity contribution >= 4 is 17.7 Å². The second-order valence-electron chi connectivity index (χ2n) is 4.79. The number of thioether (sulfide) groups is 1. The number of nitrogens with zero attached hydrogens (tertiary/aromatic N) is 1. The highest BCUT2D eigenvalue weighted by atomic mass is 32.2. The fraction of sp³-hybridized carbons (Fsp3) is 0.917. The summed E-state index contributed by atoms with van der Waals surface area (Å²) in [6.45, 7) is 7.33. The van der Waals surface area contributed by atoms with Gasteiger partial charge in [-0.2, -0.15) is 11.8 Å². The fourth-order valence-corrected chi connectivity index (χ4v) is 2.58. The van der Waals surface area contributed by atoms with E-state index in [4.69, 9.17) is 0 Å². The Bertz CT molecular complexity index is 215. The number of hydrogen-bond donors (Lipinski definition) is 1. The Kier molecular flexibility index (Phi) is 6.21. The molecule has 1 saturated heterocycles. The molecule has 1 atom stereocenters. The molecule has 0 radical (unpaired) electrons. The first-order valence-electron chi connectivity index (χ1n) is 6.14. The summed E-state index contributed by atoms with van der Waals surface area (Å²) in [7, 11) is 0. The van der Waals surface area contributed by atoms with Crippen LogP contribution in [0.3, 0.4) is 0 Å². The molecule has 0 saturated carbocycles. The summed E-state index contributed by atoms with van der Waals surface area (Å²) in [5.41, 5.74) is 0. The highest BCUT2D eigenvalue weighted by Crippen LogP contribution is 2.14. The molecule has 0 aromatic heterocycles. The molecule has 16 heavy (non-hydrogen) atoms. The Balaban J connectivity index is 2.46. The van der Waals surface area contributed by atoms with Crippen LogP contribution in [0.4, 0.5) is 0 Å². The highest BCUT2D eigenvalue weighted by molar-refractivity contribution is 7.99. The van der Waals surface area contributed by atoms with E-state index in [0.29, 0.717) is 17.7 Å². The summed E-state index contributed by atoms with van der Waals surface area (Å²) in [5, 5.41) is 3.41. The van der Waals surface area contributed by atoms with E-state index in [0.717, 1.165) is 19.6 Å². The van der Waals surface area contributed by atoms with Crippen molar-refractivity contribution in [3.8, 4) is 0 Å². The third-order valence-corrected chi connectivity index (χ3v) is 3.60. The van der Waals surface area contributed by atoms with Gasteiger partial charge < -0.3 is 10.2 Å². The van der Waals surface area contributed by atoms with Crippen LogP contribution in [0.1, 0.15) is 26.7 Å². The van der Waals surface area contributed by atoms with Crippen molar-refractivity contribution in [1.29, 1.82) is 0 Å². The van der Waals surface area contributed by atoms with E-state index in [9.17, 15) is 4.79 Å². The molecule has 0 spiro atoms. The van der Waals surface area contributed by atoms with Crippen molar-refractivity contribution in [2.45, 2.75) is 32.7 Å². The Morgan fingerprint density at radius 2 is 2.31 bits per heavy atom. The number of amides is 1. The fourth-order valence-electron chi connectivity index (χ4n) is 2.16.